The smallest absolute Gasteiger partial charge is 0.191 e. The first-order valence-corrected chi connectivity index (χ1v) is 9.56. The Balaban J connectivity index is 1.83. The molecule has 2 heterocycles. The second kappa shape index (κ2) is 8.70. The number of aryl methyl sites for hydroxylation is 1. The van der Waals surface area contributed by atoms with Gasteiger partial charge in [0, 0.05) is 29.0 Å². The molecule has 2 aromatic rings. The van der Waals surface area contributed by atoms with Crippen LogP contribution in [0.3, 0.4) is 0 Å². The van der Waals surface area contributed by atoms with E-state index in [-0.39, 0.29) is 0 Å². The fourth-order valence-corrected chi connectivity index (χ4v) is 4.22. The molecule has 0 unspecified atom stereocenters. The third-order valence-corrected chi connectivity index (χ3v) is 5.53. The van der Waals surface area contributed by atoms with Crippen LogP contribution in [-0.4, -0.2) is 24.0 Å². The number of nitrogens with zero attached hydrogens (tertiary/aromatic N) is 2. The highest BCUT2D eigenvalue weighted by molar-refractivity contribution is 14.1. The van der Waals surface area contributed by atoms with Gasteiger partial charge in [-0.1, -0.05) is 0 Å². The quantitative estimate of drug-likeness (QED) is 0.416. The maximum atomic E-state index is 4.58. The van der Waals surface area contributed by atoms with Crippen molar-refractivity contribution in [1.82, 2.24) is 15.6 Å². The fraction of sp³-hybridized carbons (Fsp3) is 0.429. The topological polar surface area (TPSA) is 49.3 Å². The summed E-state index contributed by atoms with van der Waals surface area (Å²) in [6, 6.07) is 4.35. The number of thiophene rings is 1. The maximum Gasteiger partial charge on any atom is 0.191 e. The summed E-state index contributed by atoms with van der Waals surface area (Å²) in [5.74, 6) is 0.858. The second-order valence-corrected chi connectivity index (χ2v) is 8.82. The van der Waals surface area contributed by atoms with E-state index in [1.807, 2.05) is 17.5 Å². The number of hydrogen-bond donors (Lipinski definition) is 2. The van der Waals surface area contributed by atoms with Crippen LogP contribution in [0.5, 0.6) is 0 Å². The van der Waals surface area contributed by atoms with Crippen LogP contribution in [0.15, 0.2) is 23.3 Å². The third-order valence-electron chi connectivity index (χ3n) is 2.68. The fourth-order valence-electron chi connectivity index (χ4n) is 1.75. The van der Waals surface area contributed by atoms with E-state index < -0.39 is 0 Å². The van der Waals surface area contributed by atoms with E-state index in [0.29, 0.717) is 6.54 Å². The van der Waals surface area contributed by atoms with Crippen LogP contribution in [0, 0.1) is 9.81 Å². The van der Waals surface area contributed by atoms with Crippen molar-refractivity contribution in [2.45, 2.75) is 26.8 Å². The van der Waals surface area contributed by atoms with E-state index in [9.17, 15) is 0 Å². The normalized spacial score (nSPS) is 11.7. The molecule has 0 amide bonds. The second-order valence-electron chi connectivity index (χ2n) is 4.44. The Morgan fingerprint density at radius 2 is 2.19 bits per heavy atom. The largest absolute Gasteiger partial charge is 0.357 e. The van der Waals surface area contributed by atoms with Crippen molar-refractivity contribution in [3.8, 4) is 0 Å². The summed E-state index contributed by atoms with van der Waals surface area (Å²) in [6.07, 6.45) is 2.92. The van der Waals surface area contributed by atoms with E-state index in [1.54, 1.807) is 11.3 Å². The lowest BCUT2D eigenvalue weighted by molar-refractivity contribution is 0.804. The molecule has 0 aromatic carbocycles. The SMILES string of the molecule is CCNC(=NCc1ncc(C)s1)NCCc1ccc(I)s1. The number of aliphatic imine (C=N–C) groups is 1. The molecule has 0 atom stereocenters. The summed E-state index contributed by atoms with van der Waals surface area (Å²) in [6.45, 7) is 6.52. The average molecular weight is 434 g/mol. The van der Waals surface area contributed by atoms with Gasteiger partial charge in [0.15, 0.2) is 5.96 Å². The molecular weight excluding hydrogens is 415 g/mol. The van der Waals surface area contributed by atoms with Gasteiger partial charge in [-0.25, -0.2) is 9.98 Å². The van der Waals surface area contributed by atoms with Gasteiger partial charge in [0.25, 0.3) is 0 Å². The highest BCUT2D eigenvalue weighted by Gasteiger charge is 2.02. The third kappa shape index (κ3) is 5.91. The Morgan fingerprint density at radius 3 is 2.81 bits per heavy atom. The van der Waals surface area contributed by atoms with Gasteiger partial charge in [0.2, 0.25) is 0 Å². The van der Waals surface area contributed by atoms with Crippen LogP contribution in [0.4, 0.5) is 0 Å². The summed E-state index contributed by atoms with van der Waals surface area (Å²) in [5.41, 5.74) is 0. The van der Waals surface area contributed by atoms with Crippen molar-refractivity contribution in [3.63, 3.8) is 0 Å². The zero-order chi connectivity index (χ0) is 15.1. The summed E-state index contributed by atoms with van der Waals surface area (Å²) in [4.78, 5) is 11.5. The Bertz CT molecular complexity index is 591. The molecule has 114 valence electrons. The zero-order valence-electron chi connectivity index (χ0n) is 12.1. The van der Waals surface area contributed by atoms with Gasteiger partial charge < -0.3 is 10.6 Å². The highest BCUT2D eigenvalue weighted by atomic mass is 127. The molecule has 0 aliphatic carbocycles. The number of aromatic nitrogens is 1. The predicted molar refractivity (Wildman–Crippen MR) is 100 cm³/mol. The first-order chi connectivity index (χ1) is 10.2. The minimum absolute atomic E-state index is 0.630. The Morgan fingerprint density at radius 1 is 1.33 bits per heavy atom. The van der Waals surface area contributed by atoms with Crippen molar-refractivity contribution < 1.29 is 0 Å². The summed E-state index contributed by atoms with van der Waals surface area (Å²) >= 11 is 5.90. The molecule has 0 bridgehead atoms. The van der Waals surface area contributed by atoms with Crippen LogP contribution in [0.1, 0.15) is 21.7 Å². The van der Waals surface area contributed by atoms with Gasteiger partial charge in [-0.15, -0.1) is 22.7 Å². The molecular formula is C14H19IN4S2. The lowest BCUT2D eigenvalue weighted by Gasteiger charge is -2.10. The first kappa shape index (κ1) is 16.7. The van der Waals surface area contributed by atoms with Gasteiger partial charge in [-0.3, -0.25) is 0 Å². The molecule has 0 spiro atoms. The number of rotatable bonds is 6. The molecule has 21 heavy (non-hydrogen) atoms. The van der Waals surface area contributed by atoms with E-state index in [2.05, 4.69) is 69.2 Å². The van der Waals surface area contributed by atoms with E-state index in [0.717, 1.165) is 30.5 Å². The predicted octanol–water partition coefficient (Wildman–Crippen LogP) is 3.42. The number of nitrogens with one attached hydrogen (secondary N) is 2. The molecule has 0 radical (unpaired) electrons. The van der Waals surface area contributed by atoms with E-state index in [1.165, 1.54) is 12.6 Å². The van der Waals surface area contributed by atoms with Crippen LogP contribution < -0.4 is 10.6 Å². The summed E-state index contributed by atoms with van der Waals surface area (Å²) in [5, 5.41) is 7.70. The minimum Gasteiger partial charge on any atom is -0.357 e. The number of hydrogen-bond acceptors (Lipinski definition) is 4. The first-order valence-electron chi connectivity index (χ1n) is 6.85. The van der Waals surface area contributed by atoms with Crippen LogP contribution in [0.2, 0.25) is 0 Å². The highest BCUT2D eigenvalue weighted by Crippen LogP contribution is 2.18. The van der Waals surface area contributed by atoms with Crippen molar-refractivity contribution >= 4 is 51.2 Å². The number of halogens is 1. The van der Waals surface area contributed by atoms with Gasteiger partial charge >= 0.3 is 0 Å². The van der Waals surface area contributed by atoms with Crippen LogP contribution in [0.25, 0.3) is 0 Å². The molecule has 0 fully saturated rings. The van der Waals surface area contributed by atoms with Crippen LogP contribution >= 0.6 is 45.3 Å². The summed E-state index contributed by atoms with van der Waals surface area (Å²) in [7, 11) is 0. The van der Waals surface area contributed by atoms with E-state index in [4.69, 9.17) is 0 Å². The van der Waals surface area contributed by atoms with Crippen molar-refractivity contribution in [1.29, 1.82) is 0 Å². The molecule has 2 aromatic heterocycles. The molecule has 7 heteroatoms. The summed E-state index contributed by atoms with van der Waals surface area (Å²) < 4.78 is 1.34. The molecule has 2 rings (SSSR count). The molecule has 0 aliphatic rings. The number of thiazole rings is 1. The van der Waals surface area contributed by atoms with Crippen molar-refractivity contribution in [3.05, 3.63) is 36.0 Å². The van der Waals surface area contributed by atoms with Gasteiger partial charge in [-0.2, -0.15) is 0 Å². The molecule has 0 saturated heterocycles. The standard InChI is InChI=1S/C14H19IN4S2/c1-3-16-14(19-9-13-18-8-10(2)20-13)17-7-6-11-4-5-12(15)21-11/h4-5,8H,3,6-7,9H2,1-2H3,(H2,16,17,19). The Kier molecular flexibility index (Phi) is 6.91. The number of guanidine groups is 1. The van der Waals surface area contributed by atoms with Gasteiger partial charge in [0.05, 0.1) is 9.43 Å². The average Bonchev–Trinajstić information content (AvgIpc) is 3.05. The monoisotopic (exact) mass is 434 g/mol. The molecule has 0 saturated carbocycles. The molecule has 2 N–H and O–H groups in total. The minimum atomic E-state index is 0.630. The van der Waals surface area contributed by atoms with Crippen molar-refractivity contribution in [2.24, 2.45) is 4.99 Å². The molecule has 0 aliphatic heterocycles. The maximum absolute atomic E-state index is 4.58. The zero-order valence-corrected chi connectivity index (χ0v) is 15.9. The molecule has 4 nitrogen and oxygen atoms in total. The lowest BCUT2D eigenvalue weighted by Crippen LogP contribution is -2.38. The van der Waals surface area contributed by atoms with E-state index >= 15 is 0 Å². The van der Waals surface area contributed by atoms with Crippen molar-refractivity contribution in [2.75, 3.05) is 13.1 Å². The Labute approximate surface area is 147 Å². The lowest BCUT2D eigenvalue weighted by atomic mass is 10.3. The Hall–Kier alpha value is -0.670. The van der Waals surface area contributed by atoms with Crippen LogP contribution in [-0.2, 0) is 13.0 Å². The van der Waals surface area contributed by atoms with Gasteiger partial charge in [-0.05, 0) is 55.0 Å². The van der Waals surface area contributed by atoms with Gasteiger partial charge in [0.1, 0.15) is 5.01 Å².